The highest BCUT2D eigenvalue weighted by Crippen LogP contribution is 2.12. The van der Waals surface area contributed by atoms with Crippen molar-refractivity contribution in [2.24, 2.45) is 0 Å². The van der Waals surface area contributed by atoms with Crippen LogP contribution in [0.4, 0.5) is 10.5 Å². The van der Waals surface area contributed by atoms with E-state index in [2.05, 4.69) is 10.6 Å². The number of carboxylic acids is 1. The molecule has 0 radical (unpaired) electrons. The minimum atomic E-state index is -1.01. The van der Waals surface area contributed by atoms with Crippen molar-refractivity contribution in [2.75, 3.05) is 5.32 Å². The zero-order valence-corrected chi connectivity index (χ0v) is 12.2. The summed E-state index contributed by atoms with van der Waals surface area (Å²) in [5.74, 6) is -1.01. The molecular weight excluding hydrogens is 304 g/mol. The second-order valence-corrected chi connectivity index (χ2v) is 4.81. The Kier molecular flexibility index (Phi) is 5.16. The number of carbonyl (C=O) groups is 2. The van der Waals surface area contributed by atoms with Gasteiger partial charge in [0.05, 0.1) is 5.56 Å². The first kappa shape index (κ1) is 15.6. The average Bonchev–Trinajstić information content (AvgIpc) is 2.48. The summed E-state index contributed by atoms with van der Waals surface area (Å²) < 4.78 is 0. The first-order valence-corrected chi connectivity index (χ1v) is 6.75. The number of hydrogen-bond acceptors (Lipinski definition) is 2. The molecule has 0 heterocycles. The maximum atomic E-state index is 11.7. The van der Waals surface area contributed by atoms with E-state index in [4.69, 9.17) is 16.7 Å². The van der Waals surface area contributed by atoms with Gasteiger partial charge in [-0.15, -0.1) is 0 Å². The van der Waals surface area contributed by atoms with Gasteiger partial charge in [-0.05, 0) is 48.0 Å². The second-order valence-electron chi connectivity index (χ2n) is 4.37. The summed E-state index contributed by atoms with van der Waals surface area (Å²) in [4.78, 5) is 22.4. The molecule has 0 saturated heterocycles. The fraction of sp³-hybridized carbons (Fsp3) is 0. The molecule has 3 N–H and O–H groups in total. The predicted octanol–water partition coefficient (Wildman–Crippen LogP) is 3.83. The molecule has 2 rings (SSSR count). The van der Waals surface area contributed by atoms with Crippen LogP contribution in [0.5, 0.6) is 0 Å². The Labute approximate surface area is 132 Å². The molecule has 0 aliphatic rings. The molecule has 5 nitrogen and oxygen atoms in total. The lowest BCUT2D eigenvalue weighted by Gasteiger charge is -2.04. The number of anilines is 1. The summed E-state index contributed by atoms with van der Waals surface area (Å²) in [6.45, 7) is 0. The van der Waals surface area contributed by atoms with Gasteiger partial charge in [0.25, 0.3) is 0 Å². The maximum Gasteiger partial charge on any atom is 0.335 e. The summed E-state index contributed by atoms with van der Waals surface area (Å²) in [7, 11) is 0. The number of urea groups is 1. The van der Waals surface area contributed by atoms with Gasteiger partial charge < -0.3 is 15.7 Å². The van der Waals surface area contributed by atoms with Crippen molar-refractivity contribution in [2.45, 2.75) is 0 Å². The van der Waals surface area contributed by atoms with Crippen LogP contribution in [0, 0.1) is 0 Å². The van der Waals surface area contributed by atoms with Crippen LogP contribution in [0.25, 0.3) is 6.08 Å². The van der Waals surface area contributed by atoms with E-state index in [0.717, 1.165) is 5.56 Å². The topological polar surface area (TPSA) is 78.4 Å². The number of aromatic carboxylic acids is 1. The molecule has 0 aliphatic carbocycles. The lowest BCUT2D eigenvalue weighted by molar-refractivity contribution is 0.0697. The Hall–Kier alpha value is -2.79. The molecule has 0 saturated carbocycles. The largest absolute Gasteiger partial charge is 0.478 e. The Balaban J connectivity index is 1.89. The van der Waals surface area contributed by atoms with E-state index in [-0.39, 0.29) is 5.56 Å². The van der Waals surface area contributed by atoms with Crippen molar-refractivity contribution in [1.29, 1.82) is 0 Å². The van der Waals surface area contributed by atoms with Crippen LogP contribution in [-0.4, -0.2) is 17.1 Å². The summed E-state index contributed by atoms with van der Waals surface area (Å²) in [5.41, 5.74) is 1.52. The van der Waals surface area contributed by atoms with Crippen molar-refractivity contribution in [3.05, 3.63) is 70.9 Å². The molecule has 22 heavy (non-hydrogen) atoms. The second kappa shape index (κ2) is 7.28. The van der Waals surface area contributed by atoms with Gasteiger partial charge in [0.15, 0.2) is 0 Å². The predicted molar refractivity (Wildman–Crippen MR) is 86.0 cm³/mol. The highest BCUT2D eigenvalue weighted by molar-refractivity contribution is 6.30. The van der Waals surface area contributed by atoms with Crippen molar-refractivity contribution >= 4 is 35.4 Å². The lowest BCUT2D eigenvalue weighted by atomic mass is 10.2. The fourth-order valence-corrected chi connectivity index (χ4v) is 1.89. The van der Waals surface area contributed by atoms with Crippen LogP contribution in [0.1, 0.15) is 15.9 Å². The van der Waals surface area contributed by atoms with Crippen LogP contribution in [0.15, 0.2) is 54.7 Å². The third-order valence-corrected chi connectivity index (χ3v) is 2.96. The van der Waals surface area contributed by atoms with Gasteiger partial charge in [0.1, 0.15) is 0 Å². The molecule has 0 aliphatic heterocycles. The first-order valence-electron chi connectivity index (χ1n) is 6.37. The van der Waals surface area contributed by atoms with E-state index in [1.807, 2.05) is 12.1 Å². The van der Waals surface area contributed by atoms with Gasteiger partial charge in [0, 0.05) is 16.9 Å². The monoisotopic (exact) mass is 316 g/mol. The van der Waals surface area contributed by atoms with E-state index in [0.29, 0.717) is 10.7 Å². The van der Waals surface area contributed by atoms with Crippen molar-refractivity contribution in [3.8, 4) is 0 Å². The highest BCUT2D eigenvalue weighted by Gasteiger charge is 2.03. The number of nitrogens with one attached hydrogen (secondary N) is 2. The molecule has 0 fully saturated rings. The molecule has 0 spiro atoms. The molecule has 112 valence electrons. The van der Waals surface area contributed by atoms with E-state index in [1.54, 1.807) is 18.2 Å². The van der Waals surface area contributed by atoms with Crippen LogP contribution in [0.2, 0.25) is 5.02 Å². The van der Waals surface area contributed by atoms with Gasteiger partial charge in [-0.25, -0.2) is 9.59 Å². The Bertz CT molecular complexity index is 712. The molecule has 6 heteroatoms. The Morgan fingerprint density at radius 2 is 1.82 bits per heavy atom. The summed E-state index contributed by atoms with van der Waals surface area (Å²) in [6, 6.07) is 12.6. The summed E-state index contributed by atoms with van der Waals surface area (Å²) in [5, 5.41) is 14.5. The molecule has 0 aromatic heterocycles. The molecule has 2 aromatic carbocycles. The van der Waals surface area contributed by atoms with Crippen LogP contribution in [0.3, 0.4) is 0 Å². The van der Waals surface area contributed by atoms with Crippen molar-refractivity contribution < 1.29 is 14.7 Å². The molecule has 0 atom stereocenters. The first-order chi connectivity index (χ1) is 10.5. The molecule has 0 unspecified atom stereocenters. The molecular formula is C16H13ClN2O3. The number of carbonyl (C=O) groups excluding carboxylic acids is 1. The van der Waals surface area contributed by atoms with E-state index < -0.39 is 12.0 Å². The quantitative estimate of drug-likeness (QED) is 0.802. The number of benzene rings is 2. The van der Waals surface area contributed by atoms with Crippen molar-refractivity contribution in [3.63, 3.8) is 0 Å². The smallest absolute Gasteiger partial charge is 0.335 e. The van der Waals surface area contributed by atoms with E-state index in [1.165, 1.54) is 30.5 Å². The molecule has 2 aromatic rings. The van der Waals surface area contributed by atoms with Crippen LogP contribution >= 0.6 is 11.6 Å². The average molecular weight is 317 g/mol. The van der Waals surface area contributed by atoms with Crippen LogP contribution in [-0.2, 0) is 0 Å². The number of hydrogen-bond donors (Lipinski definition) is 3. The normalized spacial score (nSPS) is 10.4. The van der Waals surface area contributed by atoms with E-state index in [9.17, 15) is 9.59 Å². The SMILES string of the molecule is O=C(N/C=C/c1cccc(Cl)c1)Nc1ccc(C(=O)O)cc1. The minimum Gasteiger partial charge on any atom is -0.478 e. The third kappa shape index (κ3) is 4.64. The number of halogens is 1. The molecule has 0 bridgehead atoms. The van der Waals surface area contributed by atoms with Gasteiger partial charge in [-0.2, -0.15) is 0 Å². The zero-order chi connectivity index (χ0) is 15.9. The fourth-order valence-electron chi connectivity index (χ4n) is 1.69. The van der Waals surface area contributed by atoms with Gasteiger partial charge in [0.2, 0.25) is 0 Å². The number of rotatable bonds is 4. The lowest BCUT2D eigenvalue weighted by Crippen LogP contribution is -2.23. The summed E-state index contributed by atoms with van der Waals surface area (Å²) in [6.07, 6.45) is 3.20. The molecule has 2 amide bonds. The minimum absolute atomic E-state index is 0.159. The number of amides is 2. The third-order valence-electron chi connectivity index (χ3n) is 2.73. The standard InChI is InChI=1S/C16H13ClN2O3/c17-13-3-1-2-11(10-13)8-9-18-16(22)19-14-6-4-12(5-7-14)15(20)21/h1-10H,(H,20,21)(H2,18,19,22)/b9-8+. The maximum absolute atomic E-state index is 11.7. The Morgan fingerprint density at radius 3 is 2.45 bits per heavy atom. The zero-order valence-electron chi connectivity index (χ0n) is 11.4. The Morgan fingerprint density at radius 1 is 1.09 bits per heavy atom. The van der Waals surface area contributed by atoms with Crippen molar-refractivity contribution in [1.82, 2.24) is 5.32 Å². The van der Waals surface area contributed by atoms with Gasteiger partial charge in [-0.3, -0.25) is 0 Å². The van der Waals surface area contributed by atoms with Crippen LogP contribution < -0.4 is 10.6 Å². The highest BCUT2D eigenvalue weighted by atomic mass is 35.5. The summed E-state index contributed by atoms with van der Waals surface area (Å²) >= 11 is 5.85. The van der Waals surface area contributed by atoms with E-state index >= 15 is 0 Å². The van der Waals surface area contributed by atoms with Gasteiger partial charge >= 0.3 is 12.0 Å². The van der Waals surface area contributed by atoms with Gasteiger partial charge in [-0.1, -0.05) is 23.7 Å². The number of carboxylic acid groups (broad SMARTS) is 1.